The van der Waals surface area contributed by atoms with Gasteiger partial charge < -0.3 is 19.9 Å². The normalized spacial score (nSPS) is 10.2. The van der Waals surface area contributed by atoms with E-state index in [-0.39, 0.29) is 0 Å². The first-order valence-electron chi connectivity index (χ1n) is 6.18. The molecule has 0 aliphatic rings. The van der Waals surface area contributed by atoms with E-state index in [2.05, 4.69) is 15.9 Å². The molecule has 0 aliphatic heterocycles. The Kier molecular flexibility index (Phi) is 4.74. The zero-order valence-corrected chi connectivity index (χ0v) is 12.9. The molecule has 2 N–H and O–H groups in total. The number of para-hydroxylation sites is 1. The zero-order chi connectivity index (χ0) is 14.5. The van der Waals surface area contributed by atoms with E-state index >= 15 is 0 Å². The van der Waals surface area contributed by atoms with E-state index in [4.69, 9.17) is 19.9 Å². The molecule has 0 unspecified atom stereocenters. The smallest absolute Gasteiger partial charge is 0.154 e. The van der Waals surface area contributed by atoms with E-state index in [0.717, 1.165) is 10.2 Å². The van der Waals surface area contributed by atoms with E-state index in [1.807, 2.05) is 37.3 Å². The van der Waals surface area contributed by atoms with Crippen LogP contribution in [0.25, 0.3) is 0 Å². The Hall–Kier alpha value is -1.88. The van der Waals surface area contributed by atoms with E-state index in [1.54, 1.807) is 13.2 Å². The molecule has 0 aromatic heterocycles. The largest absolute Gasteiger partial charge is 0.497 e. The lowest BCUT2D eigenvalue weighted by Crippen LogP contribution is -1.99. The Morgan fingerprint density at radius 2 is 1.85 bits per heavy atom. The molecule has 20 heavy (non-hydrogen) atoms. The van der Waals surface area contributed by atoms with Crippen LogP contribution < -0.4 is 19.9 Å². The van der Waals surface area contributed by atoms with Gasteiger partial charge in [-0.15, -0.1) is 0 Å². The van der Waals surface area contributed by atoms with Crippen LogP contribution in [0.5, 0.6) is 23.0 Å². The molecule has 4 nitrogen and oxygen atoms in total. The molecule has 0 heterocycles. The topological polar surface area (TPSA) is 53.7 Å². The molecule has 106 valence electrons. The number of hydrogen-bond donors (Lipinski definition) is 1. The summed E-state index contributed by atoms with van der Waals surface area (Å²) < 4.78 is 17.2. The van der Waals surface area contributed by atoms with E-state index in [1.165, 1.54) is 0 Å². The van der Waals surface area contributed by atoms with Gasteiger partial charge in [0.2, 0.25) is 0 Å². The third-order valence-corrected chi connectivity index (χ3v) is 3.30. The molecular formula is C15H16BrNO3. The molecule has 0 saturated heterocycles. The summed E-state index contributed by atoms with van der Waals surface area (Å²) in [5, 5.41) is 0. The highest BCUT2D eigenvalue weighted by atomic mass is 79.9. The molecule has 0 atom stereocenters. The van der Waals surface area contributed by atoms with Crippen LogP contribution in [0.3, 0.4) is 0 Å². The Morgan fingerprint density at radius 3 is 2.50 bits per heavy atom. The first-order valence-corrected chi connectivity index (χ1v) is 6.97. The van der Waals surface area contributed by atoms with Crippen molar-refractivity contribution in [3.63, 3.8) is 0 Å². The summed E-state index contributed by atoms with van der Waals surface area (Å²) in [7, 11) is 1.62. The lowest BCUT2D eigenvalue weighted by atomic mass is 10.2. The highest BCUT2D eigenvalue weighted by Crippen LogP contribution is 2.38. The van der Waals surface area contributed by atoms with Crippen LogP contribution in [0.2, 0.25) is 0 Å². The molecular weight excluding hydrogens is 322 g/mol. The number of hydrogen-bond acceptors (Lipinski definition) is 4. The Bertz CT molecular complexity index is 602. The number of anilines is 1. The number of halogens is 1. The fourth-order valence-electron chi connectivity index (χ4n) is 1.70. The van der Waals surface area contributed by atoms with Crippen molar-refractivity contribution in [1.29, 1.82) is 0 Å². The quantitative estimate of drug-likeness (QED) is 0.829. The molecule has 0 aliphatic carbocycles. The van der Waals surface area contributed by atoms with Crippen molar-refractivity contribution >= 4 is 21.6 Å². The second-order valence-corrected chi connectivity index (χ2v) is 4.85. The summed E-state index contributed by atoms with van der Waals surface area (Å²) in [4.78, 5) is 0. The lowest BCUT2D eigenvalue weighted by Gasteiger charge is -2.13. The molecule has 5 heteroatoms. The van der Waals surface area contributed by atoms with E-state index in [0.29, 0.717) is 29.5 Å². The summed E-state index contributed by atoms with van der Waals surface area (Å²) in [6.07, 6.45) is 0. The van der Waals surface area contributed by atoms with Crippen molar-refractivity contribution in [3.8, 4) is 23.0 Å². The maximum atomic E-state index is 6.03. The van der Waals surface area contributed by atoms with Crippen LogP contribution in [-0.4, -0.2) is 13.7 Å². The van der Waals surface area contributed by atoms with Gasteiger partial charge in [-0.3, -0.25) is 0 Å². The number of rotatable bonds is 5. The van der Waals surface area contributed by atoms with Gasteiger partial charge in [-0.1, -0.05) is 6.07 Å². The lowest BCUT2D eigenvalue weighted by molar-refractivity contribution is 0.340. The number of nitrogen functional groups attached to an aromatic ring is 1. The molecule has 0 saturated carbocycles. The summed E-state index contributed by atoms with van der Waals surface area (Å²) in [6.45, 7) is 2.47. The molecule has 0 fully saturated rings. The third kappa shape index (κ3) is 3.17. The summed E-state index contributed by atoms with van der Waals surface area (Å²) in [5.41, 5.74) is 6.52. The Labute approximate surface area is 126 Å². The molecule has 2 rings (SSSR count). The van der Waals surface area contributed by atoms with E-state index < -0.39 is 0 Å². The number of ether oxygens (including phenoxy) is 3. The van der Waals surface area contributed by atoms with Crippen molar-refractivity contribution in [2.45, 2.75) is 6.92 Å². The molecule has 0 radical (unpaired) electrons. The van der Waals surface area contributed by atoms with Crippen molar-refractivity contribution in [2.75, 3.05) is 19.5 Å². The van der Waals surface area contributed by atoms with Crippen LogP contribution in [0, 0.1) is 0 Å². The second kappa shape index (κ2) is 6.52. The van der Waals surface area contributed by atoms with Crippen LogP contribution in [-0.2, 0) is 0 Å². The standard InChI is InChI=1S/C15H16BrNO3/c1-3-19-13-5-4-6-14(15(13)17)20-12-8-7-10(18-2)9-11(12)16/h4-9H,3,17H2,1-2H3. The van der Waals surface area contributed by atoms with Crippen molar-refractivity contribution < 1.29 is 14.2 Å². The fraction of sp³-hybridized carbons (Fsp3) is 0.200. The highest BCUT2D eigenvalue weighted by molar-refractivity contribution is 9.10. The van der Waals surface area contributed by atoms with Gasteiger partial charge in [-0.25, -0.2) is 0 Å². The van der Waals surface area contributed by atoms with Gasteiger partial charge in [0.25, 0.3) is 0 Å². The molecule has 2 aromatic carbocycles. The Morgan fingerprint density at radius 1 is 1.10 bits per heavy atom. The first-order chi connectivity index (χ1) is 9.65. The highest BCUT2D eigenvalue weighted by Gasteiger charge is 2.10. The minimum atomic E-state index is 0.483. The Balaban J connectivity index is 2.28. The maximum Gasteiger partial charge on any atom is 0.154 e. The molecule has 2 aromatic rings. The van der Waals surface area contributed by atoms with Gasteiger partial charge in [0.05, 0.1) is 18.2 Å². The van der Waals surface area contributed by atoms with Gasteiger partial charge in [0.15, 0.2) is 5.75 Å². The van der Waals surface area contributed by atoms with Crippen LogP contribution >= 0.6 is 15.9 Å². The van der Waals surface area contributed by atoms with Gasteiger partial charge in [-0.05, 0) is 53.2 Å². The summed E-state index contributed by atoms with van der Waals surface area (Å²) >= 11 is 3.44. The minimum Gasteiger partial charge on any atom is -0.497 e. The monoisotopic (exact) mass is 337 g/mol. The first kappa shape index (κ1) is 14.5. The predicted molar refractivity (Wildman–Crippen MR) is 82.8 cm³/mol. The minimum absolute atomic E-state index is 0.483. The SMILES string of the molecule is CCOc1cccc(Oc2ccc(OC)cc2Br)c1N. The molecule has 0 amide bonds. The number of benzene rings is 2. The van der Waals surface area contributed by atoms with Gasteiger partial charge in [0.1, 0.15) is 22.9 Å². The van der Waals surface area contributed by atoms with Crippen molar-refractivity contribution in [3.05, 3.63) is 40.9 Å². The summed E-state index contributed by atoms with van der Waals surface area (Å²) in [6, 6.07) is 10.9. The van der Waals surface area contributed by atoms with Crippen LogP contribution in [0.1, 0.15) is 6.92 Å². The molecule has 0 bridgehead atoms. The zero-order valence-electron chi connectivity index (χ0n) is 11.4. The second-order valence-electron chi connectivity index (χ2n) is 4.00. The number of methoxy groups -OCH3 is 1. The van der Waals surface area contributed by atoms with Crippen LogP contribution in [0.4, 0.5) is 5.69 Å². The van der Waals surface area contributed by atoms with Gasteiger partial charge in [-0.2, -0.15) is 0 Å². The third-order valence-electron chi connectivity index (χ3n) is 2.68. The van der Waals surface area contributed by atoms with Crippen molar-refractivity contribution in [2.24, 2.45) is 0 Å². The number of nitrogens with two attached hydrogens (primary N) is 1. The van der Waals surface area contributed by atoms with Crippen LogP contribution in [0.15, 0.2) is 40.9 Å². The van der Waals surface area contributed by atoms with Gasteiger partial charge in [0, 0.05) is 0 Å². The van der Waals surface area contributed by atoms with Gasteiger partial charge >= 0.3 is 0 Å². The summed E-state index contributed by atoms with van der Waals surface area (Å²) in [5.74, 6) is 2.59. The maximum absolute atomic E-state index is 6.03. The fourth-order valence-corrected chi connectivity index (χ4v) is 2.14. The van der Waals surface area contributed by atoms with E-state index in [9.17, 15) is 0 Å². The average Bonchev–Trinajstić information content (AvgIpc) is 2.45. The van der Waals surface area contributed by atoms with Crippen molar-refractivity contribution in [1.82, 2.24) is 0 Å². The average molecular weight is 338 g/mol. The predicted octanol–water partition coefficient (Wildman–Crippen LogP) is 4.23. The molecule has 0 spiro atoms.